The molecule has 0 amide bonds. The monoisotopic (exact) mass is 410 g/mol. The number of fused-ring (bicyclic) bond motifs is 1. The zero-order chi connectivity index (χ0) is 21.7. The standard InChI is InChI=1S/C25H30O3S/c1-14(23(27)28)21-13-17-16(9-8-10-20(17)29-21)18-11-15(24(2,3)4)12-19(22(18)26)25(5,6)7/h8-14,26H,1-7H3,(H,27,28). The first-order chi connectivity index (χ1) is 13.3. The second kappa shape index (κ2) is 7.17. The van der Waals surface area contributed by atoms with Crippen LogP contribution in [0.15, 0.2) is 36.4 Å². The molecule has 0 bridgehead atoms. The molecule has 3 rings (SSSR count). The van der Waals surface area contributed by atoms with Crippen molar-refractivity contribution in [1.82, 2.24) is 0 Å². The smallest absolute Gasteiger partial charge is 0.311 e. The Hall–Kier alpha value is -2.33. The van der Waals surface area contributed by atoms with Gasteiger partial charge in [0.25, 0.3) is 0 Å². The Morgan fingerprint density at radius 3 is 2.17 bits per heavy atom. The molecule has 0 aliphatic carbocycles. The average Bonchev–Trinajstić information content (AvgIpc) is 3.03. The van der Waals surface area contributed by atoms with Crippen LogP contribution >= 0.6 is 11.3 Å². The molecule has 0 aliphatic heterocycles. The molecule has 0 aliphatic rings. The Bertz CT molecular complexity index is 1080. The van der Waals surface area contributed by atoms with Crippen molar-refractivity contribution in [2.75, 3.05) is 0 Å². The first kappa shape index (κ1) is 21.4. The van der Waals surface area contributed by atoms with Gasteiger partial charge in [0.05, 0.1) is 5.92 Å². The summed E-state index contributed by atoms with van der Waals surface area (Å²) in [6.07, 6.45) is 0. The van der Waals surface area contributed by atoms with E-state index in [1.807, 2.05) is 24.3 Å². The first-order valence-electron chi connectivity index (χ1n) is 9.94. The molecule has 0 radical (unpaired) electrons. The summed E-state index contributed by atoms with van der Waals surface area (Å²) in [5.41, 5.74) is 3.57. The van der Waals surface area contributed by atoms with Gasteiger partial charge in [0.15, 0.2) is 0 Å². The van der Waals surface area contributed by atoms with Crippen LogP contribution in [0.2, 0.25) is 0 Å². The fourth-order valence-electron chi connectivity index (χ4n) is 3.50. The fraction of sp³-hybridized carbons (Fsp3) is 0.400. The van der Waals surface area contributed by atoms with Crippen molar-refractivity contribution < 1.29 is 15.0 Å². The SMILES string of the molecule is CC(C(=O)O)c1cc2c(-c3cc(C(C)(C)C)cc(C(C)(C)C)c3O)cccc2s1. The summed E-state index contributed by atoms with van der Waals surface area (Å²) in [6.45, 7) is 14.6. The van der Waals surface area contributed by atoms with E-state index in [1.165, 1.54) is 16.9 Å². The number of phenols is 1. The highest BCUT2D eigenvalue weighted by molar-refractivity contribution is 7.19. The number of aromatic hydroxyl groups is 1. The van der Waals surface area contributed by atoms with Crippen LogP contribution in [0.5, 0.6) is 5.75 Å². The Labute approximate surface area is 177 Å². The van der Waals surface area contributed by atoms with E-state index in [1.54, 1.807) is 6.92 Å². The number of carbonyl (C=O) groups is 1. The topological polar surface area (TPSA) is 57.5 Å². The van der Waals surface area contributed by atoms with Crippen LogP contribution in [0.25, 0.3) is 21.2 Å². The maximum atomic E-state index is 11.5. The summed E-state index contributed by atoms with van der Waals surface area (Å²) in [5.74, 6) is -1.08. The van der Waals surface area contributed by atoms with Crippen molar-refractivity contribution in [3.8, 4) is 16.9 Å². The normalized spacial score (nSPS) is 13.6. The molecule has 0 spiro atoms. The van der Waals surface area contributed by atoms with Crippen LogP contribution in [0.1, 0.15) is 70.4 Å². The predicted molar refractivity (Wildman–Crippen MR) is 122 cm³/mol. The quantitative estimate of drug-likeness (QED) is 0.486. The summed E-state index contributed by atoms with van der Waals surface area (Å²) < 4.78 is 1.03. The molecule has 1 atom stereocenters. The molecule has 3 nitrogen and oxygen atoms in total. The van der Waals surface area contributed by atoms with Crippen LogP contribution in [0, 0.1) is 0 Å². The third-order valence-corrected chi connectivity index (χ3v) is 6.73. The largest absolute Gasteiger partial charge is 0.507 e. The van der Waals surface area contributed by atoms with Crippen LogP contribution in [-0.4, -0.2) is 16.2 Å². The molecule has 0 saturated heterocycles. The van der Waals surface area contributed by atoms with E-state index in [0.29, 0.717) is 5.75 Å². The molecule has 1 heterocycles. The van der Waals surface area contributed by atoms with E-state index < -0.39 is 11.9 Å². The lowest BCUT2D eigenvalue weighted by atomic mass is 9.78. The molecule has 29 heavy (non-hydrogen) atoms. The molecule has 2 aromatic carbocycles. The zero-order valence-electron chi connectivity index (χ0n) is 18.3. The van der Waals surface area contributed by atoms with Gasteiger partial charge in [0, 0.05) is 26.1 Å². The molecule has 2 N–H and O–H groups in total. The zero-order valence-corrected chi connectivity index (χ0v) is 19.1. The Balaban J connectivity index is 2.33. The molecule has 0 saturated carbocycles. The third kappa shape index (κ3) is 4.04. The molecular formula is C25H30O3S. The number of carboxylic acids is 1. The number of hydrogen-bond donors (Lipinski definition) is 2. The number of benzene rings is 2. The van der Waals surface area contributed by atoms with Gasteiger partial charge < -0.3 is 10.2 Å². The van der Waals surface area contributed by atoms with Crippen molar-refractivity contribution in [1.29, 1.82) is 0 Å². The molecule has 3 aromatic rings. The highest BCUT2D eigenvalue weighted by Crippen LogP contribution is 2.45. The number of thiophene rings is 1. The van der Waals surface area contributed by atoms with E-state index >= 15 is 0 Å². The molecule has 154 valence electrons. The summed E-state index contributed by atoms with van der Waals surface area (Å²) >= 11 is 1.51. The van der Waals surface area contributed by atoms with Crippen molar-refractivity contribution in [2.45, 2.75) is 65.2 Å². The third-order valence-electron chi connectivity index (χ3n) is 5.45. The minimum atomic E-state index is -0.828. The van der Waals surface area contributed by atoms with Crippen molar-refractivity contribution in [3.05, 3.63) is 52.4 Å². The molecule has 4 heteroatoms. The van der Waals surface area contributed by atoms with Crippen LogP contribution in [0.3, 0.4) is 0 Å². The van der Waals surface area contributed by atoms with Gasteiger partial charge in [0.2, 0.25) is 0 Å². The van der Waals surface area contributed by atoms with Crippen LogP contribution in [0.4, 0.5) is 0 Å². The number of aliphatic carboxylic acids is 1. The summed E-state index contributed by atoms with van der Waals surface area (Å²) in [4.78, 5) is 12.3. The van der Waals surface area contributed by atoms with Gasteiger partial charge in [0.1, 0.15) is 5.75 Å². The van der Waals surface area contributed by atoms with E-state index in [2.05, 4.69) is 53.7 Å². The fourth-order valence-corrected chi connectivity index (χ4v) is 4.63. The molecule has 1 unspecified atom stereocenters. The van der Waals surface area contributed by atoms with Gasteiger partial charge in [-0.2, -0.15) is 0 Å². The maximum Gasteiger partial charge on any atom is 0.311 e. The predicted octanol–water partition coefficient (Wildman–Crippen LogP) is 7.06. The molecule has 1 aromatic heterocycles. The highest BCUT2D eigenvalue weighted by Gasteiger charge is 2.26. The van der Waals surface area contributed by atoms with E-state index in [0.717, 1.165) is 31.7 Å². The van der Waals surface area contributed by atoms with Gasteiger partial charge >= 0.3 is 5.97 Å². The van der Waals surface area contributed by atoms with Gasteiger partial charge in [-0.3, -0.25) is 4.79 Å². The maximum absolute atomic E-state index is 11.5. The summed E-state index contributed by atoms with van der Waals surface area (Å²) in [5, 5.41) is 21.6. The van der Waals surface area contributed by atoms with Gasteiger partial charge in [-0.05, 0) is 47.1 Å². The van der Waals surface area contributed by atoms with Crippen molar-refractivity contribution in [3.63, 3.8) is 0 Å². The average molecular weight is 411 g/mol. The van der Waals surface area contributed by atoms with Gasteiger partial charge in [-0.1, -0.05) is 59.7 Å². The summed E-state index contributed by atoms with van der Waals surface area (Å²) in [7, 11) is 0. The lowest BCUT2D eigenvalue weighted by Crippen LogP contribution is -2.17. The van der Waals surface area contributed by atoms with E-state index in [9.17, 15) is 15.0 Å². The number of phenolic OH excluding ortho intramolecular Hbond substituents is 1. The highest BCUT2D eigenvalue weighted by atomic mass is 32.1. The number of carboxylic acid groups (broad SMARTS) is 1. The number of rotatable bonds is 3. The van der Waals surface area contributed by atoms with Gasteiger partial charge in [-0.25, -0.2) is 0 Å². The lowest BCUT2D eigenvalue weighted by Gasteiger charge is -2.27. The van der Waals surface area contributed by atoms with Crippen LogP contribution < -0.4 is 0 Å². The molecule has 0 fully saturated rings. The minimum absolute atomic E-state index is 0.0615. The summed E-state index contributed by atoms with van der Waals surface area (Å²) in [6, 6.07) is 12.2. The molecular weight excluding hydrogens is 380 g/mol. The first-order valence-corrected chi connectivity index (χ1v) is 10.8. The second-order valence-electron chi connectivity index (χ2n) is 9.85. The van der Waals surface area contributed by atoms with Gasteiger partial charge in [-0.15, -0.1) is 11.3 Å². The Morgan fingerprint density at radius 1 is 0.966 bits per heavy atom. The minimum Gasteiger partial charge on any atom is -0.507 e. The Morgan fingerprint density at radius 2 is 1.62 bits per heavy atom. The van der Waals surface area contributed by atoms with Crippen LogP contribution in [-0.2, 0) is 15.6 Å². The second-order valence-corrected chi connectivity index (χ2v) is 11.0. The number of hydrogen-bond acceptors (Lipinski definition) is 3. The lowest BCUT2D eigenvalue weighted by molar-refractivity contribution is -0.138. The Kier molecular flexibility index (Phi) is 5.29. The van der Waals surface area contributed by atoms with Crippen molar-refractivity contribution in [2.24, 2.45) is 0 Å². The van der Waals surface area contributed by atoms with E-state index in [4.69, 9.17) is 0 Å². The van der Waals surface area contributed by atoms with E-state index in [-0.39, 0.29) is 10.8 Å². The van der Waals surface area contributed by atoms with Crippen molar-refractivity contribution >= 4 is 27.4 Å².